The van der Waals surface area contributed by atoms with Crippen LogP contribution in [0.15, 0.2) is 29.3 Å². The van der Waals surface area contributed by atoms with Crippen LogP contribution in [0.4, 0.5) is 4.79 Å². The van der Waals surface area contributed by atoms with Crippen LogP contribution in [-0.2, 0) is 27.4 Å². The number of aliphatic imine (C=N–C) groups is 1. The Kier molecular flexibility index (Phi) is 9.42. The second-order valence-corrected chi connectivity index (χ2v) is 7.78. The molecule has 2 saturated heterocycles. The molecule has 0 aliphatic carbocycles. The Balaban J connectivity index is 1.49. The molecule has 8 nitrogen and oxygen atoms in total. The Bertz CT molecular complexity index is 696. The number of hydrogen-bond acceptors (Lipinski definition) is 5. The van der Waals surface area contributed by atoms with Gasteiger partial charge in [-0.1, -0.05) is 24.3 Å². The van der Waals surface area contributed by atoms with Gasteiger partial charge in [-0.15, -0.1) is 0 Å². The first kappa shape index (κ1) is 23.3. The third-order valence-corrected chi connectivity index (χ3v) is 5.53. The molecular formula is C23H36N4O4. The van der Waals surface area contributed by atoms with Crippen molar-refractivity contribution in [3.63, 3.8) is 0 Å². The molecule has 0 atom stereocenters. The van der Waals surface area contributed by atoms with Crippen molar-refractivity contribution in [1.82, 2.24) is 15.1 Å². The van der Waals surface area contributed by atoms with Crippen LogP contribution in [0.1, 0.15) is 37.8 Å². The summed E-state index contributed by atoms with van der Waals surface area (Å²) in [7, 11) is 0. The summed E-state index contributed by atoms with van der Waals surface area (Å²) < 4.78 is 16.5. The van der Waals surface area contributed by atoms with Crippen molar-refractivity contribution in [2.75, 3.05) is 52.5 Å². The van der Waals surface area contributed by atoms with Gasteiger partial charge in [-0.2, -0.15) is 0 Å². The zero-order valence-corrected chi connectivity index (χ0v) is 18.8. The SMILES string of the molecule is CCNC(=NCc1ccc(COC2CCOCC2)cc1)N1CCN(C(=O)OCC)CC1. The molecule has 3 rings (SSSR count). The van der Waals surface area contributed by atoms with E-state index in [0.717, 1.165) is 57.2 Å². The first-order valence-corrected chi connectivity index (χ1v) is 11.4. The average molecular weight is 433 g/mol. The third-order valence-electron chi connectivity index (χ3n) is 5.53. The smallest absolute Gasteiger partial charge is 0.409 e. The first-order valence-electron chi connectivity index (χ1n) is 11.4. The summed E-state index contributed by atoms with van der Waals surface area (Å²) in [6.45, 7) is 10.7. The quantitative estimate of drug-likeness (QED) is 0.527. The van der Waals surface area contributed by atoms with Gasteiger partial charge in [-0.05, 0) is 37.8 Å². The van der Waals surface area contributed by atoms with Gasteiger partial charge < -0.3 is 29.3 Å². The lowest BCUT2D eigenvalue weighted by atomic mass is 10.1. The molecule has 2 aliphatic heterocycles. The number of carbonyl (C=O) groups is 1. The maximum absolute atomic E-state index is 11.9. The van der Waals surface area contributed by atoms with E-state index in [1.807, 2.05) is 6.92 Å². The summed E-state index contributed by atoms with van der Waals surface area (Å²) in [4.78, 5) is 20.7. The Morgan fingerprint density at radius 1 is 1.06 bits per heavy atom. The van der Waals surface area contributed by atoms with Crippen molar-refractivity contribution in [2.45, 2.75) is 45.9 Å². The molecule has 172 valence electrons. The summed E-state index contributed by atoms with van der Waals surface area (Å²) in [5.74, 6) is 0.887. The standard InChI is InChI=1S/C23H36N4O4/c1-3-24-22(26-11-13-27(14-12-26)23(28)30-4-2)25-17-19-5-7-20(8-6-19)18-31-21-9-15-29-16-10-21/h5-8,21H,3-4,9-18H2,1-2H3,(H,24,25). The minimum absolute atomic E-state index is 0.232. The predicted molar refractivity (Wildman–Crippen MR) is 120 cm³/mol. The maximum Gasteiger partial charge on any atom is 0.409 e. The minimum Gasteiger partial charge on any atom is -0.450 e. The Morgan fingerprint density at radius 2 is 1.71 bits per heavy atom. The topological polar surface area (TPSA) is 75.6 Å². The van der Waals surface area contributed by atoms with Crippen molar-refractivity contribution in [1.29, 1.82) is 0 Å². The highest BCUT2D eigenvalue weighted by Gasteiger charge is 2.23. The molecule has 0 aromatic heterocycles. The summed E-state index contributed by atoms with van der Waals surface area (Å²) in [5.41, 5.74) is 2.34. The zero-order valence-electron chi connectivity index (χ0n) is 18.8. The normalized spacial score (nSPS) is 18.2. The van der Waals surface area contributed by atoms with Crippen molar-refractivity contribution >= 4 is 12.1 Å². The first-order chi connectivity index (χ1) is 15.2. The molecule has 0 bridgehead atoms. The van der Waals surface area contributed by atoms with E-state index >= 15 is 0 Å². The summed E-state index contributed by atoms with van der Waals surface area (Å²) in [6.07, 6.45) is 2.04. The molecule has 1 aromatic carbocycles. The van der Waals surface area contributed by atoms with E-state index in [4.69, 9.17) is 19.2 Å². The fraction of sp³-hybridized carbons (Fsp3) is 0.652. The van der Waals surface area contributed by atoms with E-state index < -0.39 is 0 Å². The molecule has 1 amide bonds. The van der Waals surface area contributed by atoms with E-state index in [9.17, 15) is 4.79 Å². The monoisotopic (exact) mass is 432 g/mol. The van der Waals surface area contributed by atoms with E-state index in [0.29, 0.717) is 39.0 Å². The number of ether oxygens (including phenoxy) is 3. The van der Waals surface area contributed by atoms with Crippen LogP contribution < -0.4 is 5.32 Å². The molecule has 2 fully saturated rings. The number of rotatable bonds is 7. The largest absolute Gasteiger partial charge is 0.450 e. The van der Waals surface area contributed by atoms with Gasteiger partial charge in [-0.25, -0.2) is 9.79 Å². The van der Waals surface area contributed by atoms with Crippen LogP contribution in [0.2, 0.25) is 0 Å². The van der Waals surface area contributed by atoms with Crippen LogP contribution in [0, 0.1) is 0 Å². The number of carbonyl (C=O) groups excluding carboxylic acids is 1. The average Bonchev–Trinajstić information content (AvgIpc) is 2.82. The van der Waals surface area contributed by atoms with Crippen molar-refractivity contribution < 1.29 is 19.0 Å². The van der Waals surface area contributed by atoms with Crippen molar-refractivity contribution in [3.05, 3.63) is 35.4 Å². The van der Waals surface area contributed by atoms with E-state index in [-0.39, 0.29) is 6.09 Å². The van der Waals surface area contributed by atoms with Crippen LogP contribution in [-0.4, -0.2) is 80.5 Å². The number of piperazine rings is 1. The third kappa shape index (κ3) is 7.40. The van der Waals surface area contributed by atoms with Crippen molar-refractivity contribution in [3.8, 4) is 0 Å². The Labute approximate surface area is 185 Å². The Hall–Kier alpha value is -2.32. The zero-order chi connectivity index (χ0) is 21.9. The van der Waals surface area contributed by atoms with Gasteiger partial charge in [0.2, 0.25) is 0 Å². The molecular weight excluding hydrogens is 396 g/mol. The number of guanidine groups is 1. The second-order valence-electron chi connectivity index (χ2n) is 7.78. The Morgan fingerprint density at radius 3 is 2.35 bits per heavy atom. The fourth-order valence-electron chi connectivity index (χ4n) is 3.71. The molecule has 1 N–H and O–H groups in total. The van der Waals surface area contributed by atoms with E-state index in [2.05, 4.69) is 41.4 Å². The number of amides is 1. The van der Waals surface area contributed by atoms with Gasteiger partial charge in [-0.3, -0.25) is 0 Å². The molecule has 2 heterocycles. The lowest BCUT2D eigenvalue weighted by molar-refractivity contribution is -0.0390. The second kappa shape index (κ2) is 12.5. The summed E-state index contributed by atoms with van der Waals surface area (Å²) in [6, 6.07) is 8.48. The number of benzene rings is 1. The van der Waals surface area contributed by atoms with Gasteiger partial charge in [0.1, 0.15) is 0 Å². The van der Waals surface area contributed by atoms with Gasteiger partial charge in [0.15, 0.2) is 5.96 Å². The van der Waals surface area contributed by atoms with Crippen LogP contribution >= 0.6 is 0 Å². The molecule has 0 spiro atoms. The van der Waals surface area contributed by atoms with E-state index in [1.165, 1.54) is 5.56 Å². The lowest BCUT2D eigenvalue weighted by Gasteiger charge is -2.35. The van der Waals surface area contributed by atoms with Crippen molar-refractivity contribution in [2.24, 2.45) is 4.99 Å². The fourth-order valence-corrected chi connectivity index (χ4v) is 3.71. The van der Waals surface area contributed by atoms with Gasteiger partial charge in [0.25, 0.3) is 0 Å². The molecule has 8 heteroatoms. The van der Waals surface area contributed by atoms with Gasteiger partial charge in [0, 0.05) is 45.9 Å². The molecule has 0 radical (unpaired) electrons. The lowest BCUT2D eigenvalue weighted by Crippen LogP contribution is -2.53. The van der Waals surface area contributed by atoms with Crippen LogP contribution in [0.3, 0.4) is 0 Å². The highest BCUT2D eigenvalue weighted by Crippen LogP contribution is 2.14. The van der Waals surface area contributed by atoms with Gasteiger partial charge in [0.05, 0.1) is 25.9 Å². The summed E-state index contributed by atoms with van der Waals surface area (Å²) in [5, 5.41) is 3.37. The predicted octanol–water partition coefficient (Wildman–Crippen LogP) is 2.62. The van der Waals surface area contributed by atoms with Crippen LogP contribution in [0.25, 0.3) is 0 Å². The molecule has 0 saturated carbocycles. The van der Waals surface area contributed by atoms with E-state index in [1.54, 1.807) is 4.90 Å². The summed E-state index contributed by atoms with van der Waals surface area (Å²) >= 11 is 0. The van der Waals surface area contributed by atoms with Crippen LogP contribution in [0.5, 0.6) is 0 Å². The number of nitrogens with zero attached hydrogens (tertiary/aromatic N) is 3. The molecule has 31 heavy (non-hydrogen) atoms. The molecule has 2 aliphatic rings. The van der Waals surface area contributed by atoms with Gasteiger partial charge >= 0.3 is 6.09 Å². The highest BCUT2D eigenvalue weighted by atomic mass is 16.6. The maximum atomic E-state index is 11.9. The molecule has 1 aromatic rings. The minimum atomic E-state index is -0.232. The highest BCUT2D eigenvalue weighted by molar-refractivity contribution is 5.80. The number of hydrogen-bond donors (Lipinski definition) is 1. The number of nitrogens with one attached hydrogen (secondary N) is 1. The molecule has 0 unspecified atom stereocenters.